The molecule has 206 valence electrons. The summed E-state index contributed by atoms with van der Waals surface area (Å²) < 4.78 is 16.3. The summed E-state index contributed by atoms with van der Waals surface area (Å²) in [5, 5.41) is 2.71. The Hall–Kier alpha value is -2.08. The zero-order valence-corrected chi connectivity index (χ0v) is 23.0. The van der Waals surface area contributed by atoms with Crippen molar-refractivity contribution < 1.29 is 23.8 Å². The molecule has 1 aromatic carbocycles. The summed E-state index contributed by atoms with van der Waals surface area (Å²) in [4.78, 5) is 22.8. The molecule has 0 aliphatic heterocycles. The van der Waals surface area contributed by atoms with Gasteiger partial charge in [-0.1, -0.05) is 96.8 Å². The fourth-order valence-corrected chi connectivity index (χ4v) is 4.09. The lowest BCUT2D eigenvalue weighted by molar-refractivity contribution is -0.145. The smallest absolute Gasteiger partial charge is 0.305 e. The highest BCUT2D eigenvalue weighted by Gasteiger charge is 2.03. The molecule has 1 aromatic rings. The Bertz CT molecular complexity index is 662. The second-order valence-corrected chi connectivity index (χ2v) is 9.59. The molecule has 0 aliphatic rings. The van der Waals surface area contributed by atoms with Crippen LogP contribution in [0.15, 0.2) is 24.3 Å². The summed E-state index contributed by atoms with van der Waals surface area (Å²) in [5.74, 6) is 0.471. The Labute approximate surface area is 219 Å². The molecule has 0 unspecified atom stereocenters. The molecule has 0 heterocycles. The molecular formula is C30H51NO5. The number of carbonyl (C=O) groups excluding carboxylic acids is 2. The van der Waals surface area contributed by atoms with Crippen LogP contribution in [0.2, 0.25) is 0 Å². The van der Waals surface area contributed by atoms with Gasteiger partial charge in [-0.15, -0.1) is 0 Å². The normalized spacial score (nSPS) is 10.8. The first kappa shape index (κ1) is 31.9. The number of esters is 1. The summed E-state index contributed by atoms with van der Waals surface area (Å²) >= 11 is 0. The fourth-order valence-electron chi connectivity index (χ4n) is 4.09. The first-order valence-electron chi connectivity index (χ1n) is 14.4. The lowest BCUT2D eigenvalue weighted by atomic mass is 10.0. The molecule has 0 spiro atoms. The van der Waals surface area contributed by atoms with Gasteiger partial charge in [-0.2, -0.15) is 0 Å². The monoisotopic (exact) mass is 505 g/mol. The van der Waals surface area contributed by atoms with E-state index in [9.17, 15) is 9.59 Å². The average molecular weight is 506 g/mol. The molecule has 0 bridgehead atoms. The van der Waals surface area contributed by atoms with Crippen molar-refractivity contribution in [3.63, 3.8) is 0 Å². The number of unbranched alkanes of at least 4 members (excludes halogenated alkanes) is 14. The highest BCUT2D eigenvalue weighted by atomic mass is 16.6. The predicted molar refractivity (Wildman–Crippen MR) is 148 cm³/mol. The largest absolute Gasteiger partial charge is 0.491 e. The third-order valence-electron chi connectivity index (χ3n) is 6.15. The van der Waals surface area contributed by atoms with Gasteiger partial charge in [0.15, 0.2) is 0 Å². The van der Waals surface area contributed by atoms with Crippen molar-refractivity contribution in [3.8, 4) is 5.75 Å². The molecule has 0 atom stereocenters. The van der Waals surface area contributed by atoms with Crippen molar-refractivity contribution in [2.24, 2.45) is 0 Å². The van der Waals surface area contributed by atoms with Crippen molar-refractivity contribution >= 4 is 17.6 Å². The number of nitrogens with one attached hydrogen (secondary N) is 1. The molecule has 1 amide bonds. The van der Waals surface area contributed by atoms with Gasteiger partial charge in [0.25, 0.3) is 0 Å². The molecule has 0 fully saturated rings. The number of hydrogen-bond donors (Lipinski definition) is 1. The van der Waals surface area contributed by atoms with E-state index in [2.05, 4.69) is 12.2 Å². The second-order valence-electron chi connectivity index (χ2n) is 9.59. The molecule has 0 saturated carbocycles. The molecule has 0 aromatic heterocycles. The zero-order chi connectivity index (χ0) is 26.1. The predicted octanol–water partition coefficient (Wildman–Crippen LogP) is 7.85. The minimum absolute atomic E-state index is 0.104. The lowest BCUT2D eigenvalue weighted by Crippen LogP contribution is -2.13. The molecule has 1 N–H and O–H groups in total. The van der Waals surface area contributed by atoms with E-state index < -0.39 is 0 Å². The van der Waals surface area contributed by atoms with Crippen LogP contribution in [-0.4, -0.2) is 38.3 Å². The molecule has 6 nitrogen and oxygen atoms in total. The Morgan fingerprint density at radius 3 is 1.69 bits per heavy atom. The fraction of sp³-hybridized carbons (Fsp3) is 0.733. The molecule has 6 heteroatoms. The average Bonchev–Trinajstić information content (AvgIpc) is 2.86. The Morgan fingerprint density at radius 2 is 1.17 bits per heavy atom. The molecule has 1 rings (SSSR count). The van der Waals surface area contributed by atoms with Crippen LogP contribution < -0.4 is 10.1 Å². The number of anilines is 1. The van der Waals surface area contributed by atoms with Crippen LogP contribution in [0.25, 0.3) is 0 Å². The van der Waals surface area contributed by atoms with Gasteiger partial charge in [0.2, 0.25) is 5.91 Å². The van der Waals surface area contributed by atoms with Crippen LogP contribution in [0.4, 0.5) is 5.69 Å². The number of hydrogen-bond acceptors (Lipinski definition) is 5. The third-order valence-corrected chi connectivity index (χ3v) is 6.15. The van der Waals surface area contributed by atoms with Crippen molar-refractivity contribution in [3.05, 3.63) is 24.3 Å². The van der Waals surface area contributed by atoms with Crippen LogP contribution in [0.3, 0.4) is 0 Å². The van der Waals surface area contributed by atoms with E-state index in [0.717, 1.165) is 18.5 Å². The van der Waals surface area contributed by atoms with E-state index in [4.69, 9.17) is 14.2 Å². The van der Waals surface area contributed by atoms with E-state index in [0.29, 0.717) is 32.0 Å². The summed E-state index contributed by atoms with van der Waals surface area (Å²) in [5.41, 5.74) is 0.734. The highest BCUT2D eigenvalue weighted by Crippen LogP contribution is 2.16. The van der Waals surface area contributed by atoms with Gasteiger partial charge in [-0.25, -0.2) is 0 Å². The summed E-state index contributed by atoms with van der Waals surface area (Å²) in [6.45, 7) is 5.22. The SMILES string of the molecule is CCCCCCCCCCCCCCCCCC(=O)OCCOCCOc1ccc(NC(C)=O)cc1. The van der Waals surface area contributed by atoms with Gasteiger partial charge in [0, 0.05) is 19.0 Å². The van der Waals surface area contributed by atoms with Crippen molar-refractivity contribution in [1.82, 2.24) is 0 Å². The molecule has 0 saturated heterocycles. The van der Waals surface area contributed by atoms with Gasteiger partial charge in [0.1, 0.15) is 19.0 Å². The van der Waals surface area contributed by atoms with Gasteiger partial charge in [-0.3, -0.25) is 9.59 Å². The van der Waals surface area contributed by atoms with Gasteiger partial charge < -0.3 is 19.5 Å². The van der Waals surface area contributed by atoms with Crippen LogP contribution in [0.1, 0.15) is 117 Å². The van der Waals surface area contributed by atoms with Crippen molar-refractivity contribution in [1.29, 1.82) is 0 Å². The van der Waals surface area contributed by atoms with E-state index in [-0.39, 0.29) is 18.5 Å². The van der Waals surface area contributed by atoms with Gasteiger partial charge in [0.05, 0.1) is 13.2 Å². The minimum atomic E-state index is -0.135. The Morgan fingerprint density at radius 1 is 0.667 bits per heavy atom. The molecule has 36 heavy (non-hydrogen) atoms. The number of ether oxygens (including phenoxy) is 3. The maximum Gasteiger partial charge on any atom is 0.305 e. The molecule has 0 radical (unpaired) electrons. The van der Waals surface area contributed by atoms with Crippen LogP contribution in [0, 0.1) is 0 Å². The molecule has 0 aliphatic carbocycles. The maximum atomic E-state index is 11.8. The van der Waals surface area contributed by atoms with Crippen LogP contribution in [0.5, 0.6) is 5.75 Å². The van der Waals surface area contributed by atoms with E-state index in [1.54, 1.807) is 24.3 Å². The number of carbonyl (C=O) groups is 2. The van der Waals surface area contributed by atoms with Crippen molar-refractivity contribution in [2.45, 2.75) is 117 Å². The molecular weight excluding hydrogens is 454 g/mol. The highest BCUT2D eigenvalue weighted by molar-refractivity contribution is 5.88. The van der Waals surface area contributed by atoms with E-state index >= 15 is 0 Å². The maximum absolute atomic E-state index is 11.8. The Kier molecular flexibility index (Phi) is 20.7. The summed E-state index contributed by atoms with van der Waals surface area (Å²) in [6, 6.07) is 7.17. The zero-order valence-electron chi connectivity index (χ0n) is 23.0. The summed E-state index contributed by atoms with van der Waals surface area (Å²) in [6.07, 6.45) is 20.3. The number of benzene rings is 1. The minimum Gasteiger partial charge on any atom is -0.491 e. The van der Waals surface area contributed by atoms with Gasteiger partial charge >= 0.3 is 5.97 Å². The number of amides is 1. The number of rotatable bonds is 24. The van der Waals surface area contributed by atoms with E-state index in [1.165, 1.54) is 90.4 Å². The Balaban J connectivity index is 1.80. The quantitative estimate of drug-likeness (QED) is 0.114. The van der Waals surface area contributed by atoms with E-state index in [1.807, 2.05) is 0 Å². The summed E-state index contributed by atoms with van der Waals surface area (Å²) in [7, 11) is 0. The van der Waals surface area contributed by atoms with Crippen molar-refractivity contribution in [2.75, 3.05) is 31.7 Å². The first-order valence-corrected chi connectivity index (χ1v) is 14.4. The standard InChI is InChI=1S/C30H51NO5/c1-3-4-5-6-7-8-9-10-11-12-13-14-15-16-17-18-30(33)36-26-24-34-23-25-35-29-21-19-28(20-22-29)31-27(2)32/h19-22H,3-18,23-26H2,1-2H3,(H,31,32). The first-order chi connectivity index (χ1) is 17.6. The lowest BCUT2D eigenvalue weighted by Gasteiger charge is -2.09. The second kappa shape index (κ2) is 23.3. The van der Waals surface area contributed by atoms with Gasteiger partial charge in [-0.05, 0) is 30.7 Å². The third kappa shape index (κ3) is 20.1. The van der Waals surface area contributed by atoms with Crippen LogP contribution >= 0.6 is 0 Å². The van der Waals surface area contributed by atoms with Crippen LogP contribution in [-0.2, 0) is 19.1 Å². The topological polar surface area (TPSA) is 73.9 Å².